The fourth-order valence-corrected chi connectivity index (χ4v) is 2.67. The van der Waals surface area contributed by atoms with E-state index in [0.717, 1.165) is 24.9 Å². The van der Waals surface area contributed by atoms with E-state index < -0.39 is 0 Å². The van der Waals surface area contributed by atoms with E-state index in [0.29, 0.717) is 23.3 Å². The minimum Gasteiger partial charge on any atom is -0.350 e. The van der Waals surface area contributed by atoms with Crippen molar-refractivity contribution in [3.05, 3.63) is 33.8 Å². The highest BCUT2D eigenvalue weighted by molar-refractivity contribution is 6.42. The van der Waals surface area contributed by atoms with E-state index in [9.17, 15) is 0 Å². The fourth-order valence-electron chi connectivity index (χ4n) is 2.27. The van der Waals surface area contributed by atoms with E-state index in [1.165, 1.54) is 0 Å². The first-order valence-corrected chi connectivity index (χ1v) is 7.35. The molecule has 1 aliphatic rings. The molecule has 0 radical (unpaired) electrons. The first-order chi connectivity index (χ1) is 9.20. The first kappa shape index (κ1) is 15.1. The summed E-state index contributed by atoms with van der Waals surface area (Å²) in [6, 6.07) is 6.01. The molecule has 3 nitrogen and oxygen atoms in total. The molecule has 5 heteroatoms. The third-order valence-corrected chi connectivity index (χ3v) is 4.02. The van der Waals surface area contributed by atoms with Crippen molar-refractivity contribution in [1.29, 1.82) is 0 Å². The maximum atomic E-state index is 6.23. The molecular weight excluding hydrogens is 285 g/mol. The molecule has 0 aromatic heterocycles. The quantitative estimate of drug-likeness (QED) is 0.875. The van der Waals surface area contributed by atoms with Crippen molar-refractivity contribution in [2.24, 2.45) is 0 Å². The van der Waals surface area contributed by atoms with Gasteiger partial charge in [0.2, 0.25) is 0 Å². The van der Waals surface area contributed by atoms with E-state index in [-0.39, 0.29) is 12.3 Å². The van der Waals surface area contributed by atoms with Gasteiger partial charge in [-0.3, -0.25) is 0 Å². The van der Waals surface area contributed by atoms with Gasteiger partial charge in [-0.1, -0.05) is 42.3 Å². The average molecular weight is 304 g/mol. The molecule has 0 saturated carbocycles. The number of hydrogen-bond donors (Lipinski definition) is 1. The molecule has 0 amide bonds. The molecule has 0 aliphatic carbocycles. The number of hydrogen-bond acceptors (Lipinski definition) is 3. The molecule has 0 spiro atoms. The Bertz CT molecular complexity index is 408. The van der Waals surface area contributed by atoms with Gasteiger partial charge in [0.25, 0.3) is 0 Å². The summed E-state index contributed by atoms with van der Waals surface area (Å²) in [6.45, 7) is 4.35. The maximum absolute atomic E-state index is 6.23. The van der Waals surface area contributed by atoms with Crippen molar-refractivity contribution < 1.29 is 9.47 Å². The van der Waals surface area contributed by atoms with Gasteiger partial charge in [-0.25, -0.2) is 0 Å². The highest BCUT2D eigenvalue weighted by Crippen LogP contribution is 2.27. The second-order valence-electron chi connectivity index (χ2n) is 4.58. The van der Waals surface area contributed by atoms with Gasteiger partial charge in [0.1, 0.15) is 0 Å². The Labute approximate surface area is 124 Å². The molecule has 106 valence electrons. The predicted molar refractivity (Wildman–Crippen MR) is 77.9 cm³/mol. The fraction of sp³-hybridized carbons (Fsp3) is 0.571. The number of benzene rings is 1. The molecule has 2 rings (SSSR count). The molecule has 1 atom stereocenters. The number of rotatable bonds is 6. The minimum atomic E-state index is -0.109. The Morgan fingerprint density at radius 1 is 1.32 bits per heavy atom. The lowest BCUT2D eigenvalue weighted by atomic mass is 10.0. The molecule has 1 fully saturated rings. The van der Waals surface area contributed by atoms with Crippen molar-refractivity contribution in [2.45, 2.75) is 32.1 Å². The van der Waals surface area contributed by atoms with Crippen LogP contribution >= 0.6 is 23.2 Å². The van der Waals surface area contributed by atoms with Crippen molar-refractivity contribution in [3.63, 3.8) is 0 Å². The molecule has 1 aromatic rings. The Morgan fingerprint density at radius 3 is 2.74 bits per heavy atom. The van der Waals surface area contributed by atoms with Crippen LogP contribution in [0.3, 0.4) is 0 Å². The van der Waals surface area contributed by atoms with Gasteiger partial charge in [-0.05, 0) is 24.6 Å². The maximum Gasteiger partial charge on any atom is 0.159 e. The zero-order valence-electron chi connectivity index (χ0n) is 11.0. The third kappa shape index (κ3) is 4.33. The number of halogens is 2. The second kappa shape index (κ2) is 7.46. The monoisotopic (exact) mass is 303 g/mol. The predicted octanol–water partition coefficient (Wildman–Crippen LogP) is 3.28. The summed E-state index contributed by atoms with van der Waals surface area (Å²) >= 11 is 12.3. The van der Waals surface area contributed by atoms with Gasteiger partial charge >= 0.3 is 0 Å². The zero-order valence-corrected chi connectivity index (χ0v) is 12.5. The summed E-state index contributed by atoms with van der Waals surface area (Å²) in [5.41, 5.74) is 1.05. The summed E-state index contributed by atoms with van der Waals surface area (Å²) < 4.78 is 11.0. The van der Waals surface area contributed by atoms with Gasteiger partial charge < -0.3 is 14.8 Å². The van der Waals surface area contributed by atoms with Crippen LogP contribution in [0.4, 0.5) is 0 Å². The van der Waals surface area contributed by atoms with Crippen LogP contribution in [-0.4, -0.2) is 32.1 Å². The smallest absolute Gasteiger partial charge is 0.159 e. The topological polar surface area (TPSA) is 30.5 Å². The number of ether oxygens (including phenoxy) is 2. The molecule has 1 aliphatic heterocycles. The molecule has 1 heterocycles. The SMILES string of the molecule is CCNC(Cc1cccc(Cl)c1Cl)CC1OCCO1. The molecule has 1 aromatic carbocycles. The minimum absolute atomic E-state index is 0.109. The molecule has 0 bridgehead atoms. The van der Waals surface area contributed by atoms with Crippen LogP contribution < -0.4 is 5.32 Å². The molecular formula is C14H19Cl2NO2. The van der Waals surface area contributed by atoms with Crippen LogP contribution in [-0.2, 0) is 15.9 Å². The largest absolute Gasteiger partial charge is 0.350 e. The Kier molecular flexibility index (Phi) is 5.92. The van der Waals surface area contributed by atoms with Gasteiger partial charge in [-0.15, -0.1) is 0 Å². The van der Waals surface area contributed by atoms with Gasteiger partial charge in [0.15, 0.2) is 6.29 Å². The molecule has 1 saturated heterocycles. The van der Waals surface area contributed by atoms with Crippen molar-refractivity contribution >= 4 is 23.2 Å². The van der Waals surface area contributed by atoms with Crippen LogP contribution in [0, 0.1) is 0 Å². The zero-order chi connectivity index (χ0) is 13.7. The number of nitrogens with one attached hydrogen (secondary N) is 1. The van der Waals surface area contributed by atoms with E-state index in [1.807, 2.05) is 12.1 Å². The third-order valence-electron chi connectivity index (χ3n) is 3.16. The van der Waals surface area contributed by atoms with Gasteiger partial charge in [0, 0.05) is 12.5 Å². The van der Waals surface area contributed by atoms with Crippen LogP contribution in [0.25, 0.3) is 0 Å². The van der Waals surface area contributed by atoms with Crippen LogP contribution in [0.5, 0.6) is 0 Å². The Hall–Kier alpha value is -0.320. The van der Waals surface area contributed by atoms with E-state index in [2.05, 4.69) is 12.2 Å². The van der Waals surface area contributed by atoms with Crippen LogP contribution in [0.15, 0.2) is 18.2 Å². The van der Waals surface area contributed by atoms with E-state index >= 15 is 0 Å². The standard InChI is InChI=1S/C14H19Cl2NO2/c1-2-17-11(9-13-18-6-7-19-13)8-10-4-3-5-12(15)14(10)16/h3-5,11,13,17H,2,6-9H2,1H3. The molecule has 1 unspecified atom stereocenters. The lowest BCUT2D eigenvalue weighted by Crippen LogP contribution is -2.34. The summed E-state index contributed by atoms with van der Waals surface area (Å²) in [4.78, 5) is 0. The normalized spacial score (nSPS) is 17.8. The summed E-state index contributed by atoms with van der Waals surface area (Å²) in [6.07, 6.45) is 1.52. The van der Waals surface area contributed by atoms with Gasteiger partial charge in [0.05, 0.1) is 23.3 Å². The van der Waals surface area contributed by atoms with Gasteiger partial charge in [-0.2, -0.15) is 0 Å². The molecule has 1 N–H and O–H groups in total. The number of likely N-dealkylation sites (N-methyl/N-ethyl adjacent to an activating group) is 1. The second-order valence-corrected chi connectivity index (χ2v) is 5.36. The van der Waals surface area contributed by atoms with Crippen LogP contribution in [0.1, 0.15) is 18.9 Å². The van der Waals surface area contributed by atoms with Crippen molar-refractivity contribution in [3.8, 4) is 0 Å². The van der Waals surface area contributed by atoms with Crippen molar-refractivity contribution in [1.82, 2.24) is 5.32 Å². The Balaban J connectivity index is 2.00. The molecule has 19 heavy (non-hydrogen) atoms. The highest BCUT2D eigenvalue weighted by Gasteiger charge is 2.22. The lowest BCUT2D eigenvalue weighted by molar-refractivity contribution is -0.0525. The average Bonchev–Trinajstić information content (AvgIpc) is 2.88. The summed E-state index contributed by atoms with van der Waals surface area (Å²) in [7, 11) is 0. The summed E-state index contributed by atoms with van der Waals surface area (Å²) in [5, 5.41) is 4.68. The van der Waals surface area contributed by atoms with Crippen molar-refractivity contribution in [2.75, 3.05) is 19.8 Å². The van der Waals surface area contributed by atoms with E-state index in [4.69, 9.17) is 32.7 Å². The summed E-state index contributed by atoms with van der Waals surface area (Å²) in [5.74, 6) is 0. The highest BCUT2D eigenvalue weighted by atomic mass is 35.5. The first-order valence-electron chi connectivity index (χ1n) is 6.60. The Morgan fingerprint density at radius 2 is 2.05 bits per heavy atom. The van der Waals surface area contributed by atoms with Crippen LogP contribution in [0.2, 0.25) is 10.0 Å². The van der Waals surface area contributed by atoms with E-state index in [1.54, 1.807) is 6.07 Å². The lowest BCUT2D eigenvalue weighted by Gasteiger charge is -2.21.